The van der Waals surface area contributed by atoms with Crippen LogP contribution in [0.25, 0.3) is 0 Å². The first-order valence-corrected chi connectivity index (χ1v) is 4.37. The molecule has 0 spiro atoms. The number of alkyl halides is 2. The highest BCUT2D eigenvalue weighted by Crippen LogP contribution is 2.48. The summed E-state index contributed by atoms with van der Waals surface area (Å²) in [6.45, 7) is 1.79. The van der Waals surface area contributed by atoms with Crippen molar-refractivity contribution in [3.05, 3.63) is 18.2 Å². The lowest BCUT2D eigenvalue weighted by Gasteiger charge is -2.03. The Morgan fingerprint density at radius 1 is 1.50 bits per heavy atom. The van der Waals surface area contributed by atoms with E-state index in [0.717, 1.165) is 0 Å². The van der Waals surface area contributed by atoms with E-state index in [1.165, 1.54) is 12.4 Å². The normalized spacial score (nSPS) is 23.2. The number of nitrogens with zero attached hydrogens (tertiary/aromatic N) is 2. The van der Waals surface area contributed by atoms with Gasteiger partial charge < -0.3 is 4.74 Å². The molecule has 1 atom stereocenters. The topological polar surface area (TPSA) is 35.0 Å². The van der Waals surface area contributed by atoms with E-state index in [0.29, 0.717) is 11.6 Å². The largest absolute Gasteiger partial charge is 0.490 e. The van der Waals surface area contributed by atoms with E-state index in [4.69, 9.17) is 4.74 Å². The van der Waals surface area contributed by atoms with E-state index < -0.39 is 11.8 Å². The van der Waals surface area contributed by atoms with Gasteiger partial charge >= 0.3 is 0 Å². The van der Waals surface area contributed by atoms with Gasteiger partial charge in [-0.2, -0.15) is 0 Å². The summed E-state index contributed by atoms with van der Waals surface area (Å²) in [7, 11) is 0. The lowest BCUT2D eigenvalue weighted by molar-refractivity contribution is 0.0855. The standard InChI is InChI=1S/C9H10F2N2O/c1-6-12-3-8(4-13-6)14-5-7-2-9(7,10)11/h3-4,7H,2,5H2,1H3. The molecule has 3 nitrogen and oxygen atoms in total. The fourth-order valence-electron chi connectivity index (χ4n) is 1.10. The molecule has 0 aliphatic heterocycles. The van der Waals surface area contributed by atoms with Gasteiger partial charge in [0.15, 0.2) is 5.75 Å². The maximum absolute atomic E-state index is 12.5. The minimum absolute atomic E-state index is 0.0411. The highest BCUT2D eigenvalue weighted by Gasteiger charge is 2.57. The molecule has 1 aliphatic carbocycles. The lowest BCUT2D eigenvalue weighted by atomic mass is 10.4. The molecule has 14 heavy (non-hydrogen) atoms. The second-order valence-corrected chi connectivity index (χ2v) is 3.44. The second-order valence-electron chi connectivity index (χ2n) is 3.44. The number of hydrogen-bond acceptors (Lipinski definition) is 3. The van der Waals surface area contributed by atoms with Crippen molar-refractivity contribution in [3.8, 4) is 5.75 Å². The molecule has 1 aliphatic rings. The van der Waals surface area contributed by atoms with E-state index in [1.54, 1.807) is 6.92 Å². The van der Waals surface area contributed by atoms with Gasteiger partial charge in [-0.1, -0.05) is 0 Å². The monoisotopic (exact) mass is 200 g/mol. The third kappa shape index (κ3) is 1.97. The van der Waals surface area contributed by atoms with Crippen LogP contribution in [0, 0.1) is 12.8 Å². The smallest absolute Gasteiger partial charge is 0.255 e. The van der Waals surface area contributed by atoms with Gasteiger partial charge in [-0.05, 0) is 6.92 Å². The number of rotatable bonds is 3. The maximum atomic E-state index is 12.5. The van der Waals surface area contributed by atoms with Crippen LogP contribution in [0.1, 0.15) is 12.2 Å². The summed E-state index contributed by atoms with van der Waals surface area (Å²) < 4.78 is 30.0. The average molecular weight is 200 g/mol. The van der Waals surface area contributed by atoms with Crippen LogP contribution in [0.4, 0.5) is 8.78 Å². The van der Waals surface area contributed by atoms with Gasteiger partial charge in [0.05, 0.1) is 24.9 Å². The Bertz CT molecular complexity index is 326. The molecule has 76 valence electrons. The van der Waals surface area contributed by atoms with Crippen molar-refractivity contribution < 1.29 is 13.5 Å². The molecule has 2 rings (SSSR count). The molecule has 1 aromatic rings. The van der Waals surface area contributed by atoms with Crippen molar-refractivity contribution in [2.75, 3.05) is 6.61 Å². The molecule has 0 N–H and O–H groups in total. The molecule has 1 heterocycles. The zero-order valence-electron chi connectivity index (χ0n) is 7.70. The van der Waals surface area contributed by atoms with Crippen LogP contribution in [-0.2, 0) is 0 Å². The summed E-state index contributed by atoms with van der Waals surface area (Å²) in [5, 5.41) is 0. The molecular weight excluding hydrogens is 190 g/mol. The van der Waals surface area contributed by atoms with Gasteiger partial charge in [-0.3, -0.25) is 0 Å². The van der Waals surface area contributed by atoms with E-state index in [9.17, 15) is 8.78 Å². The molecule has 0 saturated heterocycles. The predicted octanol–water partition coefficient (Wildman–Crippen LogP) is 1.82. The zero-order valence-corrected chi connectivity index (χ0v) is 7.70. The van der Waals surface area contributed by atoms with E-state index in [1.807, 2.05) is 0 Å². The van der Waals surface area contributed by atoms with Crippen LogP contribution in [0.3, 0.4) is 0 Å². The van der Waals surface area contributed by atoms with Crippen LogP contribution >= 0.6 is 0 Å². The van der Waals surface area contributed by atoms with Crippen LogP contribution in [0.2, 0.25) is 0 Å². The third-order valence-electron chi connectivity index (χ3n) is 2.16. The quantitative estimate of drug-likeness (QED) is 0.746. The molecule has 0 radical (unpaired) electrons. The van der Waals surface area contributed by atoms with Crippen molar-refractivity contribution in [1.82, 2.24) is 9.97 Å². The molecule has 5 heteroatoms. The molecule has 1 fully saturated rings. The molecule has 1 aromatic heterocycles. The Hall–Kier alpha value is -1.26. The summed E-state index contributed by atoms with van der Waals surface area (Å²) in [4.78, 5) is 7.78. The second kappa shape index (κ2) is 3.15. The van der Waals surface area contributed by atoms with Gasteiger partial charge in [-0.25, -0.2) is 18.7 Å². The van der Waals surface area contributed by atoms with E-state index >= 15 is 0 Å². The summed E-state index contributed by atoms with van der Waals surface area (Å²) in [5.41, 5.74) is 0. The van der Waals surface area contributed by atoms with Gasteiger partial charge in [0.2, 0.25) is 0 Å². The van der Waals surface area contributed by atoms with Gasteiger partial charge in [0, 0.05) is 6.42 Å². The lowest BCUT2D eigenvalue weighted by Crippen LogP contribution is -2.06. The number of hydrogen-bond donors (Lipinski definition) is 0. The number of ether oxygens (including phenoxy) is 1. The molecular formula is C9H10F2N2O. The molecule has 0 bridgehead atoms. The van der Waals surface area contributed by atoms with Crippen LogP contribution < -0.4 is 4.74 Å². The summed E-state index contributed by atoms with van der Waals surface area (Å²) in [6.07, 6.45) is 2.91. The Morgan fingerprint density at radius 2 is 2.07 bits per heavy atom. The van der Waals surface area contributed by atoms with Crippen LogP contribution in [-0.4, -0.2) is 22.5 Å². The van der Waals surface area contributed by atoms with Crippen LogP contribution in [0.5, 0.6) is 5.75 Å². The first-order valence-electron chi connectivity index (χ1n) is 4.37. The number of halogens is 2. The summed E-state index contributed by atoms with van der Waals surface area (Å²) >= 11 is 0. The Morgan fingerprint density at radius 3 is 2.57 bits per heavy atom. The third-order valence-corrected chi connectivity index (χ3v) is 2.16. The van der Waals surface area contributed by atoms with Gasteiger partial charge in [0.1, 0.15) is 5.82 Å². The summed E-state index contributed by atoms with van der Waals surface area (Å²) in [5.74, 6) is -2.08. The Balaban J connectivity index is 1.84. The van der Waals surface area contributed by atoms with Gasteiger partial charge in [0.25, 0.3) is 5.92 Å². The first-order chi connectivity index (χ1) is 6.58. The molecule has 1 saturated carbocycles. The highest BCUT2D eigenvalue weighted by molar-refractivity contribution is 5.12. The predicted molar refractivity (Wildman–Crippen MR) is 45.3 cm³/mol. The van der Waals surface area contributed by atoms with Crippen molar-refractivity contribution in [2.24, 2.45) is 5.92 Å². The zero-order chi connectivity index (χ0) is 10.2. The Kier molecular flexibility index (Phi) is 2.09. The van der Waals surface area contributed by atoms with Crippen molar-refractivity contribution in [2.45, 2.75) is 19.3 Å². The highest BCUT2D eigenvalue weighted by atomic mass is 19.3. The van der Waals surface area contributed by atoms with Crippen LogP contribution in [0.15, 0.2) is 12.4 Å². The number of aromatic nitrogens is 2. The fourth-order valence-corrected chi connectivity index (χ4v) is 1.10. The SMILES string of the molecule is Cc1ncc(OCC2CC2(F)F)cn1. The first kappa shape index (κ1) is 9.30. The minimum atomic E-state index is -2.52. The summed E-state index contributed by atoms with van der Waals surface area (Å²) in [6, 6.07) is 0. The minimum Gasteiger partial charge on any atom is -0.490 e. The van der Waals surface area contributed by atoms with Gasteiger partial charge in [-0.15, -0.1) is 0 Å². The van der Waals surface area contributed by atoms with E-state index in [-0.39, 0.29) is 13.0 Å². The fraction of sp³-hybridized carbons (Fsp3) is 0.556. The molecule has 1 unspecified atom stereocenters. The van der Waals surface area contributed by atoms with Crippen molar-refractivity contribution in [1.29, 1.82) is 0 Å². The van der Waals surface area contributed by atoms with E-state index in [2.05, 4.69) is 9.97 Å². The maximum Gasteiger partial charge on any atom is 0.255 e. The Labute approximate surface area is 80.1 Å². The average Bonchev–Trinajstić information content (AvgIpc) is 2.73. The van der Waals surface area contributed by atoms with Crippen molar-refractivity contribution >= 4 is 0 Å². The van der Waals surface area contributed by atoms with Crippen molar-refractivity contribution in [3.63, 3.8) is 0 Å². The molecule has 0 aromatic carbocycles. The number of aryl methyl sites for hydroxylation is 1. The molecule has 0 amide bonds.